The fourth-order valence-corrected chi connectivity index (χ4v) is 4.98. The summed E-state index contributed by atoms with van der Waals surface area (Å²) in [5.41, 5.74) is 1.40. The van der Waals surface area contributed by atoms with Gasteiger partial charge in [0.25, 0.3) is 11.1 Å². The number of halogens is 2. The second-order valence-electron chi connectivity index (χ2n) is 6.95. The molecule has 0 spiro atoms. The van der Waals surface area contributed by atoms with E-state index in [0.717, 1.165) is 22.2 Å². The van der Waals surface area contributed by atoms with E-state index in [9.17, 15) is 18.0 Å². The first kappa shape index (κ1) is 23.4. The van der Waals surface area contributed by atoms with Crippen LogP contribution in [0.25, 0.3) is 6.08 Å². The molecule has 10 heteroatoms. The molecule has 2 amide bonds. The van der Waals surface area contributed by atoms with Crippen LogP contribution in [-0.4, -0.2) is 24.5 Å². The van der Waals surface area contributed by atoms with Gasteiger partial charge in [0.15, 0.2) is 0 Å². The van der Waals surface area contributed by atoms with Gasteiger partial charge in [-0.05, 0) is 77.5 Å². The van der Waals surface area contributed by atoms with E-state index in [2.05, 4.69) is 0 Å². The molecule has 1 aliphatic heterocycles. The van der Waals surface area contributed by atoms with E-state index in [0.29, 0.717) is 15.6 Å². The van der Waals surface area contributed by atoms with Crippen LogP contribution in [0.3, 0.4) is 0 Å². The SMILES string of the molecule is O=C1S/C(=C\c2ccc(OS(=O)(=O)c3ccc(Cl)cc3)cc2)C(=O)N1Cc1ccc(Cl)cc1. The van der Waals surface area contributed by atoms with Crippen LogP contribution in [-0.2, 0) is 21.5 Å². The van der Waals surface area contributed by atoms with Crippen LogP contribution in [0.1, 0.15) is 11.1 Å². The molecule has 168 valence electrons. The first-order valence-corrected chi connectivity index (χ1v) is 12.5. The van der Waals surface area contributed by atoms with Crippen molar-refractivity contribution in [3.63, 3.8) is 0 Å². The molecule has 33 heavy (non-hydrogen) atoms. The van der Waals surface area contributed by atoms with Crippen LogP contribution in [0.5, 0.6) is 5.75 Å². The molecule has 0 N–H and O–H groups in total. The number of hydrogen-bond donors (Lipinski definition) is 0. The summed E-state index contributed by atoms with van der Waals surface area (Å²) in [6.07, 6.45) is 1.57. The van der Waals surface area contributed by atoms with Gasteiger partial charge in [-0.15, -0.1) is 0 Å². The summed E-state index contributed by atoms with van der Waals surface area (Å²) in [7, 11) is -4.01. The Hall–Kier alpha value is -2.78. The minimum atomic E-state index is -4.01. The second kappa shape index (κ2) is 9.61. The predicted molar refractivity (Wildman–Crippen MR) is 129 cm³/mol. The molecule has 3 aromatic rings. The van der Waals surface area contributed by atoms with Crippen molar-refractivity contribution in [3.8, 4) is 5.75 Å². The molecule has 0 saturated carbocycles. The van der Waals surface area contributed by atoms with Gasteiger partial charge in [-0.2, -0.15) is 8.42 Å². The van der Waals surface area contributed by atoms with E-state index in [1.54, 1.807) is 42.5 Å². The molecule has 4 rings (SSSR count). The Bertz CT molecular complexity index is 1340. The highest BCUT2D eigenvalue weighted by Gasteiger charge is 2.35. The van der Waals surface area contributed by atoms with E-state index >= 15 is 0 Å². The summed E-state index contributed by atoms with van der Waals surface area (Å²) in [6.45, 7) is 0.147. The molecule has 1 aliphatic rings. The Balaban J connectivity index is 1.46. The highest BCUT2D eigenvalue weighted by molar-refractivity contribution is 8.18. The van der Waals surface area contributed by atoms with E-state index in [1.807, 2.05) is 0 Å². The van der Waals surface area contributed by atoms with Crippen molar-refractivity contribution in [1.82, 2.24) is 4.90 Å². The van der Waals surface area contributed by atoms with Gasteiger partial charge in [0.05, 0.1) is 11.4 Å². The van der Waals surface area contributed by atoms with Crippen molar-refractivity contribution >= 4 is 62.3 Å². The van der Waals surface area contributed by atoms with Crippen LogP contribution >= 0.6 is 35.0 Å². The van der Waals surface area contributed by atoms with Gasteiger partial charge >= 0.3 is 10.1 Å². The van der Waals surface area contributed by atoms with E-state index in [-0.39, 0.29) is 27.3 Å². The standard InChI is InChI=1S/C23H15Cl2NO5S2/c24-17-5-1-16(2-6-17)14-26-22(27)21(32-23(26)28)13-15-3-9-19(10-4-15)31-33(29,30)20-11-7-18(25)8-12-20/h1-13H,14H2/b21-13-. The quantitative estimate of drug-likeness (QED) is 0.293. The van der Waals surface area contributed by atoms with E-state index in [4.69, 9.17) is 27.4 Å². The Morgan fingerprint density at radius 2 is 1.42 bits per heavy atom. The second-order valence-corrected chi connectivity index (χ2v) is 10.4. The lowest BCUT2D eigenvalue weighted by atomic mass is 10.2. The molecule has 1 saturated heterocycles. The van der Waals surface area contributed by atoms with Crippen molar-refractivity contribution in [2.45, 2.75) is 11.4 Å². The molecule has 0 atom stereocenters. The molecule has 6 nitrogen and oxygen atoms in total. The monoisotopic (exact) mass is 519 g/mol. The Labute approximate surface area is 204 Å². The average molecular weight is 520 g/mol. The van der Waals surface area contributed by atoms with Crippen LogP contribution < -0.4 is 4.18 Å². The van der Waals surface area contributed by atoms with Gasteiger partial charge in [0.2, 0.25) is 0 Å². The maximum absolute atomic E-state index is 12.7. The Morgan fingerprint density at radius 3 is 2.03 bits per heavy atom. The van der Waals surface area contributed by atoms with Gasteiger partial charge in [0, 0.05) is 10.0 Å². The topological polar surface area (TPSA) is 80.8 Å². The van der Waals surface area contributed by atoms with Gasteiger partial charge < -0.3 is 4.18 Å². The Morgan fingerprint density at radius 1 is 0.848 bits per heavy atom. The molecule has 0 radical (unpaired) electrons. The van der Waals surface area contributed by atoms with Gasteiger partial charge in [-0.1, -0.05) is 47.5 Å². The number of benzene rings is 3. The van der Waals surface area contributed by atoms with Crippen LogP contribution in [0, 0.1) is 0 Å². The molecule has 1 fully saturated rings. The molecule has 0 unspecified atom stereocenters. The summed E-state index contributed by atoms with van der Waals surface area (Å²) in [4.78, 5) is 26.4. The zero-order valence-corrected chi connectivity index (χ0v) is 19.9. The third-order valence-corrected chi connectivity index (χ3v) is 7.29. The number of amides is 2. The summed E-state index contributed by atoms with van der Waals surface area (Å²) >= 11 is 12.5. The molecule has 0 aromatic heterocycles. The van der Waals surface area contributed by atoms with Crippen LogP contribution in [0.2, 0.25) is 10.0 Å². The first-order chi connectivity index (χ1) is 15.7. The molecule has 3 aromatic carbocycles. The molecule has 0 aliphatic carbocycles. The van der Waals surface area contributed by atoms with Crippen molar-refractivity contribution in [3.05, 3.63) is 98.9 Å². The fraction of sp³-hybridized carbons (Fsp3) is 0.0435. The summed E-state index contributed by atoms with van der Waals surface area (Å²) in [6, 6.07) is 18.7. The predicted octanol–water partition coefficient (Wildman–Crippen LogP) is 6.00. The minimum absolute atomic E-state index is 0.0228. The number of rotatable bonds is 6. The summed E-state index contributed by atoms with van der Waals surface area (Å²) in [5, 5.41) is 0.618. The van der Waals surface area contributed by atoms with Crippen molar-refractivity contribution < 1.29 is 22.2 Å². The largest absolute Gasteiger partial charge is 0.379 e. The van der Waals surface area contributed by atoms with E-state index in [1.165, 1.54) is 36.4 Å². The maximum Gasteiger partial charge on any atom is 0.339 e. The number of nitrogens with zero attached hydrogens (tertiary/aromatic N) is 1. The lowest BCUT2D eigenvalue weighted by molar-refractivity contribution is -0.123. The Kier molecular flexibility index (Phi) is 6.81. The van der Waals surface area contributed by atoms with E-state index < -0.39 is 16.0 Å². The molecule has 1 heterocycles. The highest BCUT2D eigenvalue weighted by atomic mass is 35.5. The van der Waals surface area contributed by atoms with Crippen molar-refractivity contribution in [1.29, 1.82) is 0 Å². The molecule has 0 bridgehead atoms. The number of thioether (sulfide) groups is 1. The van der Waals surface area contributed by atoms with Crippen LogP contribution in [0.4, 0.5) is 4.79 Å². The first-order valence-electron chi connectivity index (χ1n) is 9.51. The maximum atomic E-state index is 12.7. The number of carbonyl (C=O) groups excluding carboxylic acids is 2. The lowest BCUT2D eigenvalue weighted by Crippen LogP contribution is -2.27. The van der Waals surface area contributed by atoms with Crippen LogP contribution in [0.15, 0.2) is 82.6 Å². The number of hydrogen-bond acceptors (Lipinski definition) is 6. The normalized spacial score (nSPS) is 15.3. The zero-order chi connectivity index (χ0) is 23.6. The minimum Gasteiger partial charge on any atom is -0.379 e. The summed E-state index contributed by atoms with van der Waals surface area (Å²) in [5.74, 6) is -0.288. The number of carbonyl (C=O) groups is 2. The molecular weight excluding hydrogens is 505 g/mol. The third kappa shape index (κ3) is 5.59. The molecular formula is C23H15Cl2NO5S2. The highest BCUT2D eigenvalue weighted by Crippen LogP contribution is 2.33. The fourth-order valence-electron chi connectivity index (χ4n) is 2.96. The van der Waals surface area contributed by atoms with Crippen molar-refractivity contribution in [2.24, 2.45) is 0 Å². The number of imide groups is 1. The van der Waals surface area contributed by atoms with Gasteiger partial charge in [-0.3, -0.25) is 14.5 Å². The summed E-state index contributed by atoms with van der Waals surface area (Å²) < 4.78 is 29.9. The van der Waals surface area contributed by atoms with Gasteiger partial charge in [-0.25, -0.2) is 0 Å². The lowest BCUT2D eigenvalue weighted by Gasteiger charge is -2.12. The van der Waals surface area contributed by atoms with Crippen molar-refractivity contribution in [2.75, 3.05) is 0 Å². The third-order valence-electron chi connectivity index (χ3n) is 4.61. The smallest absolute Gasteiger partial charge is 0.339 e. The average Bonchev–Trinajstić information content (AvgIpc) is 3.04. The zero-order valence-electron chi connectivity index (χ0n) is 16.8. The van der Waals surface area contributed by atoms with Gasteiger partial charge in [0.1, 0.15) is 10.6 Å².